The fraction of sp³-hybridized carbons (Fsp3) is 0.207. The molecule has 1 aromatic heterocycles. The van der Waals surface area contributed by atoms with Crippen LogP contribution in [0, 0.1) is 23.9 Å². The van der Waals surface area contributed by atoms with Crippen molar-refractivity contribution in [1.82, 2.24) is 0 Å². The normalized spacial score (nSPS) is 13.4. The molecule has 6 heteroatoms. The van der Waals surface area contributed by atoms with Crippen LogP contribution in [0.25, 0.3) is 21.2 Å². The van der Waals surface area contributed by atoms with Gasteiger partial charge in [0.2, 0.25) is 0 Å². The molecule has 5 rings (SSSR count). The summed E-state index contributed by atoms with van der Waals surface area (Å²) in [7, 11) is 0. The second kappa shape index (κ2) is 10.2. The number of benzene rings is 3. The van der Waals surface area contributed by atoms with E-state index < -0.39 is 0 Å². The van der Waals surface area contributed by atoms with Crippen molar-refractivity contribution in [1.29, 1.82) is 0 Å². The quantitative estimate of drug-likeness (QED) is 0.247. The van der Waals surface area contributed by atoms with E-state index in [4.69, 9.17) is 4.74 Å². The topological polar surface area (TPSA) is 46.3 Å². The highest BCUT2D eigenvalue weighted by molar-refractivity contribution is 7.18. The number of aryl methyl sites for hydroxylation is 1. The Kier molecular flexibility index (Phi) is 6.69. The Hall–Kier alpha value is -3.82. The standard InChI is InChI=1S/C29H24FN3OS/c1-3-6-22(16-23-17-31-33-32-23)21-10-12-24(13-11-21)34-18-20-9-14-27-26(15-20)28(29(30)35-27)25-8-5-4-7-19(25)2/h4-5,7-15,22H,16-18H2,1-2H3/t22-/m0/s1. The number of nitrogens with zero attached hydrogens (tertiary/aromatic N) is 3. The Balaban J connectivity index is 1.32. The van der Waals surface area contributed by atoms with Gasteiger partial charge in [-0.15, -0.1) is 22.4 Å². The van der Waals surface area contributed by atoms with E-state index in [0.717, 1.165) is 43.8 Å². The number of hydrogen-bond acceptors (Lipinski definition) is 5. The van der Waals surface area contributed by atoms with Gasteiger partial charge in [-0.2, -0.15) is 9.50 Å². The zero-order valence-corrected chi connectivity index (χ0v) is 20.4. The third kappa shape index (κ3) is 5.01. The summed E-state index contributed by atoms with van der Waals surface area (Å²) in [5.74, 6) is 7.10. The molecule has 35 heavy (non-hydrogen) atoms. The molecular weight excluding hydrogens is 457 g/mol. The summed E-state index contributed by atoms with van der Waals surface area (Å²) in [6.07, 6.45) is 0.717. The van der Waals surface area contributed by atoms with Crippen molar-refractivity contribution in [3.8, 4) is 28.7 Å². The molecule has 0 saturated heterocycles. The summed E-state index contributed by atoms with van der Waals surface area (Å²) in [4.78, 5) is 0. The van der Waals surface area contributed by atoms with Crippen molar-refractivity contribution >= 4 is 27.1 Å². The lowest BCUT2D eigenvalue weighted by molar-refractivity contribution is 0.306. The van der Waals surface area contributed by atoms with Gasteiger partial charge in [-0.3, -0.25) is 0 Å². The van der Waals surface area contributed by atoms with E-state index in [-0.39, 0.29) is 11.0 Å². The van der Waals surface area contributed by atoms with Crippen LogP contribution < -0.4 is 4.74 Å². The van der Waals surface area contributed by atoms with Gasteiger partial charge in [0.15, 0.2) is 5.13 Å². The average Bonchev–Trinajstić information content (AvgIpc) is 3.50. The SMILES string of the molecule is CC#C[C@@H](CC1=NN=NC1)c1ccc(OCc2ccc3sc(F)c(-c4ccccc4C)c3c2)cc1. The van der Waals surface area contributed by atoms with Crippen LogP contribution in [0.3, 0.4) is 0 Å². The lowest BCUT2D eigenvalue weighted by atomic mass is 9.94. The van der Waals surface area contributed by atoms with Gasteiger partial charge >= 0.3 is 0 Å². The lowest BCUT2D eigenvalue weighted by Gasteiger charge is -2.12. The Morgan fingerprint density at radius 2 is 1.91 bits per heavy atom. The second-order valence-corrected chi connectivity index (χ2v) is 9.46. The van der Waals surface area contributed by atoms with Crippen molar-refractivity contribution in [2.45, 2.75) is 32.8 Å². The molecule has 0 bridgehead atoms. The maximum absolute atomic E-state index is 14.9. The maximum Gasteiger partial charge on any atom is 0.185 e. The summed E-state index contributed by atoms with van der Waals surface area (Å²) in [6.45, 7) is 4.80. The predicted molar refractivity (Wildman–Crippen MR) is 141 cm³/mol. The molecule has 0 amide bonds. The summed E-state index contributed by atoms with van der Waals surface area (Å²) >= 11 is 1.19. The first-order valence-corrected chi connectivity index (χ1v) is 12.3. The first-order chi connectivity index (χ1) is 17.1. The number of thiophene rings is 1. The third-order valence-corrected chi connectivity index (χ3v) is 7.03. The first-order valence-electron chi connectivity index (χ1n) is 11.5. The molecule has 1 aliphatic heterocycles. The average molecular weight is 482 g/mol. The summed E-state index contributed by atoms with van der Waals surface area (Å²) in [5, 5.41) is 12.5. The van der Waals surface area contributed by atoms with E-state index in [1.807, 2.05) is 80.6 Å². The van der Waals surface area contributed by atoms with Gasteiger partial charge in [-0.25, -0.2) is 0 Å². The van der Waals surface area contributed by atoms with Gasteiger partial charge in [0, 0.05) is 22.1 Å². The van der Waals surface area contributed by atoms with Gasteiger partial charge in [-0.1, -0.05) is 48.4 Å². The van der Waals surface area contributed by atoms with Gasteiger partial charge in [0.05, 0.1) is 11.6 Å². The Morgan fingerprint density at radius 1 is 1.09 bits per heavy atom. The minimum absolute atomic E-state index is 0.0482. The highest BCUT2D eigenvalue weighted by Gasteiger charge is 2.17. The van der Waals surface area contributed by atoms with Crippen LogP contribution in [0.15, 0.2) is 82.2 Å². The summed E-state index contributed by atoms with van der Waals surface area (Å²) in [6, 6.07) is 21.9. The zero-order chi connectivity index (χ0) is 24.2. The predicted octanol–water partition coefficient (Wildman–Crippen LogP) is 7.91. The molecule has 4 aromatic rings. The summed E-state index contributed by atoms with van der Waals surface area (Å²) in [5.41, 5.74) is 5.71. The van der Waals surface area contributed by atoms with Crippen LogP contribution >= 0.6 is 11.3 Å². The van der Waals surface area contributed by atoms with Crippen molar-refractivity contribution in [2.75, 3.05) is 6.54 Å². The second-order valence-electron chi connectivity index (χ2n) is 8.46. The van der Waals surface area contributed by atoms with Crippen LogP contribution in [0.4, 0.5) is 4.39 Å². The lowest BCUT2D eigenvalue weighted by Crippen LogP contribution is -2.07. The number of fused-ring (bicyclic) bond motifs is 1. The largest absolute Gasteiger partial charge is 0.489 e. The van der Waals surface area contributed by atoms with E-state index in [0.29, 0.717) is 25.1 Å². The molecule has 1 aliphatic rings. The minimum atomic E-state index is -0.154. The third-order valence-electron chi connectivity index (χ3n) is 6.07. The molecule has 0 aliphatic carbocycles. The Labute approximate surface area is 208 Å². The molecule has 0 saturated carbocycles. The first kappa shape index (κ1) is 22.9. The van der Waals surface area contributed by atoms with Crippen LogP contribution in [0.1, 0.15) is 36.0 Å². The molecule has 0 N–H and O–H groups in total. The smallest absolute Gasteiger partial charge is 0.185 e. The molecule has 0 fully saturated rings. The fourth-order valence-corrected chi connectivity index (χ4v) is 5.20. The van der Waals surface area contributed by atoms with E-state index >= 15 is 0 Å². The molecule has 2 heterocycles. The molecule has 174 valence electrons. The highest BCUT2D eigenvalue weighted by Crippen LogP contribution is 2.39. The van der Waals surface area contributed by atoms with Crippen LogP contribution in [0.5, 0.6) is 5.75 Å². The highest BCUT2D eigenvalue weighted by atomic mass is 32.1. The number of halogens is 1. The molecule has 3 aromatic carbocycles. The van der Waals surface area contributed by atoms with E-state index in [9.17, 15) is 4.39 Å². The van der Waals surface area contributed by atoms with Crippen LogP contribution in [-0.4, -0.2) is 12.3 Å². The van der Waals surface area contributed by atoms with Crippen LogP contribution in [-0.2, 0) is 6.61 Å². The van der Waals surface area contributed by atoms with Crippen molar-refractivity contribution in [2.24, 2.45) is 15.4 Å². The molecule has 0 spiro atoms. The number of hydrogen-bond donors (Lipinski definition) is 0. The number of rotatable bonds is 7. The molecule has 0 radical (unpaired) electrons. The van der Waals surface area contributed by atoms with Gasteiger partial charge in [-0.05, 0) is 65.6 Å². The number of ether oxygens (including phenoxy) is 1. The van der Waals surface area contributed by atoms with Crippen LogP contribution in [0.2, 0.25) is 0 Å². The summed E-state index contributed by atoms with van der Waals surface area (Å²) < 4.78 is 21.9. The zero-order valence-electron chi connectivity index (χ0n) is 19.6. The van der Waals surface area contributed by atoms with E-state index in [1.54, 1.807) is 0 Å². The molecular formula is C29H24FN3OS. The van der Waals surface area contributed by atoms with Crippen molar-refractivity contribution < 1.29 is 9.13 Å². The van der Waals surface area contributed by atoms with E-state index in [2.05, 4.69) is 27.3 Å². The van der Waals surface area contributed by atoms with E-state index in [1.165, 1.54) is 11.3 Å². The van der Waals surface area contributed by atoms with Gasteiger partial charge < -0.3 is 4.74 Å². The van der Waals surface area contributed by atoms with Crippen molar-refractivity contribution in [3.63, 3.8) is 0 Å². The minimum Gasteiger partial charge on any atom is -0.489 e. The monoisotopic (exact) mass is 481 g/mol. The molecule has 1 atom stereocenters. The Bertz CT molecular complexity index is 1490. The molecule has 4 nitrogen and oxygen atoms in total. The fourth-order valence-electron chi connectivity index (χ4n) is 4.28. The van der Waals surface area contributed by atoms with Gasteiger partial charge in [0.1, 0.15) is 18.9 Å². The van der Waals surface area contributed by atoms with Gasteiger partial charge in [0.25, 0.3) is 0 Å². The van der Waals surface area contributed by atoms with Crippen molar-refractivity contribution in [3.05, 3.63) is 88.6 Å². The Morgan fingerprint density at radius 3 is 2.66 bits per heavy atom. The molecule has 0 unspecified atom stereocenters. The maximum atomic E-state index is 14.9.